The third-order valence-corrected chi connectivity index (χ3v) is 3.99. The highest BCUT2D eigenvalue weighted by molar-refractivity contribution is 7.99. The Morgan fingerprint density at radius 3 is 2.70 bits per heavy atom. The zero-order valence-corrected chi connectivity index (χ0v) is 12.8. The summed E-state index contributed by atoms with van der Waals surface area (Å²) < 4.78 is 10.1. The summed E-state index contributed by atoms with van der Waals surface area (Å²) >= 11 is 1.54. The molecule has 0 aromatic heterocycles. The van der Waals surface area contributed by atoms with Crippen LogP contribution >= 0.6 is 11.8 Å². The van der Waals surface area contributed by atoms with Gasteiger partial charge >= 0.3 is 5.97 Å². The van der Waals surface area contributed by atoms with E-state index in [1.54, 1.807) is 11.8 Å². The van der Waals surface area contributed by atoms with Crippen LogP contribution < -0.4 is 0 Å². The second-order valence-corrected chi connectivity index (χ2v) is 6.05. The average molecular weight is 298 g/mol. The van der Waals surface area contributed by atoms with Crippen LogP contribution in [0.2, 0.25) is 0 Å². The molecule has 0 heterocycles. The summed E-state index contributed by atoms with van der Waals surface area (Å²) in [5.74, 6) is 0.326. The van der Waals surface area contributed by atoms with Gasteiger partial charge in [-0.05, 0) is 5.56 Å². The quantitative estimate of drug-likeness (QED) is 0.709. The van der Waals surface area contributed by atoms with Gasteiger partial charge in [-0.25, -0.2) is 0 Å². The van der Waals surface area contributed by atoms with Gasteiger partial charge in [-0.3, -0.25) is 4.79 Å². The van der Waals surface area contributed by atoms with E-state index in [9.17, 15) is 9.90 Å². The number of aliphatic hydroxyl groups is 1. The van der Waals surface area contributed by atoms with Gasteiger partial charge in [-0.1, -0.05) is 37.3 Å². The second kappa shape index (κ2) is 9.80. The Balaban J connectivity index is 2.11. The normalized spacial score (nSPS) is 13.8. The molecule has 0 fully saturated rings. The van der Waals surface area contributed by atoms with Gasteiger partial charge in [0, 0.05) is 11.0 Å². The molecule has 0 saturated carbocycles. The highest BCUT2D eigenvalue weighted by Gasteiger charge is 2.12. The van der Waals surface area contributed by atoms with Gasteiger partial charge in [-0.2, -0.15) is 11.8 Å². The molecule has 0 bridgehead atoms. The molecule has 4 nitrogen and oxygen atoms in total. The maximum Gasteiger partial charge on any atom is 0.306 e. The Morgan fingerprint density at radius 1 is 1.35 bits per heavy atom. The van der Waals surface area contributed by atoms with Gasteiger partial charge in [0.25, 0.3) is 0 Å². The first-order valence-corrected chi connectivity index (χ1v) is 7.65. The van der Waals surface area contributed by atoms with Crippen molar-refractivity contribution in [3.8, 4) is 0 Å². The molecule has 2 atom stereocenters. The molecule has 112 valence electrons. The molecule has 0 amide bonds. The van der Waals surface area contributed by atoms with Crippen LogP contribution in [0.25, 0.3) is 0 Å². The molecular weight excluding hydrogens is 276 g/mol. The van der Waals surface area contributed by atoms with E-state index in [-0.39, 0.29) is 11.2 Å². The molecule has 1 aromatic rings. The number of hydrogen-bond acceptors (Lipinski definition) is 5. The van der Waals surface area contributed by atoms with Gasteiger partial charge in [0.05, 0.1) is 32.8 Å². The molecule has 5 heteroatoms. The van der Waals surface area contributed by atoms with Crippen LogP contribution in [0.3, 0.4) is 0 Å². The Morgan fingerprint density at radius 2 is 2.05 bits per heavy atom. The molecule has 0 aliphatic heterocycles. The molecule has 20 heavy (non-hydrogen) atoms. The molecule has 1 aromatic carbocycles. The van der Waals surface area contributed by atoms with Crippen molar-refractivity contribution in [2.24, 2.45) is 0 Å². The summed E-state index contributed by atoms with van der Waals surface area (Å²) in [6.07, 6.45) is -0.164. The van der Waals surface area contributed by atoms with Crippen LogP contribution in [0, 0.1) is 0 Å². The van der Waals surface area contributed by atoms with Gasteiger partial charge in [-0.15, -0.1) is 0 Å². The monoisotopic (exact) mass is 298 g/mol. The summed E-state index contributed by atoms with van der Waals surface area (Å²) in [4.78, 5) is 11.1. The third kappa shape index (κ3) is 7.53. The lowest BCUT2D eigenvalue weighted by molar-refractivity contribution is -0.140. The van der Waals surface area contributed by atoms with Crippen LogP contribution in [0.1, 0.15) is 18.9 Å². The van der Waals surface area contributed by atoms with Crippen LogP contribution in [-0.2, 0) is 20.9 Å². The molecule has 0 radical (unpaired) electrons. The van der Waals surface area contributed by atoms with Crippen LogP contribution in [0.5, 0.6) is 0 Å². The predicted octanol–water partition coefficient (Wildman–Crippen LogP) is 2.25. The zero-order valence-electron chi connectivity index (χ0n) is 12.0. The highest BCUT2D eigenvalue weighted by Crippen LogP contribution is 2.16. The van der Waals surface area contributed by atoms with Crippen molar-refractivity contribution in [2.45, 2.75) is 31.3 Å². The molecule has 1 N–H and O–H groups in total. The van der Waals surface area contributed by atoms with Crippen molar-refractivity contribution < 1.29 is 19.4 Å². The Hall–Kier alpha value is -1.04. The second-order valence-electron chi connectivity index (χ2n) is 4.58. The lowest BCUT2D eigenvalue weighted by Crippen LogP contribution is -2.20. The third-order valence-electron chi connectivity index (χ3n) is 2.68. The van der Waals surface area contributed by atoms with Crippen molar-refractivity contribution in [3.05, 3.63) is 35.9 Å². The molecule has 0 aliphatic carbocycles. The van der Waals surface area contributed by atoms with Crippen molar-refractivity contribution in [1.82, 2.24) is 0 Å². The number of aliphatic hydroxyl groups excluding tert-OH is 1. The first kappa shape index (κ1) is 17.0. The fraction of sp³-hybridized carbons (Fsp3) is 0.533. The van der Waals surface area contributed by atoms with E-state index in [2.05, 4.69) is 4.74 Å². The van der Waals surface area contributed by atoms with Gasteiger partial charge in [0.15, 0.2) is 0 Å². The van der Waals surface area contributed by atoms with E-state index in [4.69, 9.17) is 4.74 Å². The lowest BCUT2D eigenvalue weighted by Gasteiger charge is -2.14. The van der Waals surface area contributed by atoms with E-state index in [0.717, 1.165) is 5.56 Å². The first-order valence-electron chi connectivity index (χ1n) is 6.60. The van der Waals surface area contributed by atoms with Crippen molar-refractivity contribution in [3.63, 3.8) is 0 Å². The van der Waals surface area contributed by atoms with Crippen molar-refractivity contribution >= 4 is 17.7 Å². The number of rotatable bonds is 9. The Bertz CT molecular complexity index is 383. The van der Waals surface area contributed by atoms with Crippen molar-refractivity contribution in [1.29, 1.82) is 0 Å². The number of carbonyl (C=O) groups is 1. The van der Waals surface area contributed by atoms with Crippen molar-refractivity contribution in [2.75, 3.05) is 19.5 Å². The SMILES string of the molecule is COC(=O)CC(C)SCC(O)COCc1ccccc1. The first-order chi connectivity index (χ1) is 9.61. The van der Waals surface area contributed by atoms with Crippen LogP contribution in [0.15, 0.2) is 30.3 Å². The van der Waals surface area contributed by atoms with Gasteiger partial charge < -0.3 is 14.6 Å². The number of methoxy groups -OCH3 is 1. The summed E-state index contributed by atoms with van der Waals surface area (Å²) in [6.45, 7) is 2.74. The van der Waals surface area contributed by atoms with Crippen LogP contribution in [0.4, 0.5) is 0 Å². The minimum atomic E-state index is -0.524. The van der Waals surface area contributed by atoms with E-state index < -0.39 is 6.10 Å². The molecule has 0 spiro atoms. The van der Waals surface area contributed by atoms with E-state index in [1.165, 1.54) is 7.11 Å². The highest BCUT2D eigenvalue weighted by atomic mass is 32.2. The number of thioether (sulfide) groups is 1. The predicted molar refractivity (Wildman–Crippen MR) is 80.7 cm³/mol. The number of carbonyl (C=O) groups excluding carboxylic acids is 1. The molecule has 0 aliphatic rings. The fourth-order valence-corrected chi connectivity index (χ4v) is 2.49. The topological polar surface area (TPSA) is 55.8 Å². The fourth-order valence-electron chi connectivity index (χ4n) is 1.59. The maximum absolute atomic E-state index is 11.1. The number of esters is 1. The summed E-state index contributed by atoms with van der Waals surface area (Å²) in [7, 11) is 1.38. The van der Waals surface area contributed by atoms with E-state index in [1.807, 2.05) is 37.3 Å². The minimum Gasteiger partial charge on any atom is -0.469 e. The molecular formula is C15H22O4S. The molecule has 2 unspecified atom stereocenters. The van der Waals surface area contributed by atoms with Crippen LogP contribution in [-0.4, -0.2) is 41.9 Å². The Labute approximate surface area is 124 Å². The number of hydrogen-bond donors (Lipinski definition) is 1. The summed E-state index contributed by atoms with van der Waals surface area (Å²) in [5, 5.41) is 9.94. The van der Waals surface area contributed by atoms with Gasteiger partial charge in [0.1, 0.15) is 0 Å². The Kier molecular flexibility index (Phi) is 8.34. The smallest absolute Gasteiger partial charge is 0.306 e. The maximum atomic E-state index is 11.1. The van der Waals surface area contributed by atoms with Gasteiger partial charge in [0.2, 0.25) is 0 Å². The number of ether oxygens (including phenoxy) is 2. The summed E-state index contributed by atoms with van der Waals surface area (Å²) in [5.41, 5.74) is 1.09. The number of benzene rings is 1. The molecule has 1 rings (SSSR count). The molecule has 0 saturated heterocycles. The van der Waals surface area contributed by atoms with E-state index >= 15 is 0 Å². The van der Waals surface area contributed by atoms with E-state index in [0.29, 0.717) is 25.4 Å². The average Bonchev–Trinajstić information content (AvgIpc) is 2.46. The standard InChI is InChI=1S/C15H22O4S/c1-12(8-15(17)18-2)20-11-14(16)10-19-9-13-6-4-3-5-7-13/h3-7,12,14,16H,8-11H2,1-2H3. The lowest BCUT2D eigenvalue weighted by atomic mass is 10.2. The summed E-state index contributed by atoms with van der Waals surface area (Å²) in [6, 6.07) is 9.84. The largest absolute Gasteiger partial charge is 0.469 e. The zero-order chi connectivity index (χ0) is 14.8. The minimum absolute atomic E-state index is 0.131.